The molecule has 128 valence electrons. The van der Waals surface area contributed by atoms with Crippen LogP contribution in [-0.4, -0.2) is 26.4 Å². The van der Waals surface area contributed by atoms with Gasteiger partial charge in [-0.3, -0.25) is 0 Å². The minimum atomic E-state index is -3.50. The van der Waals surface area contributed by atoms with Gasteiger partial charge in [-0.25, -0.2) is 28.5 Å². The van der Waals surface area contributed by atoms with Gasteiger partial charge in [-0.15, -0.1) is 5.10 Å². The monoisotopic (exact) mass is 351 g/mol. The van der Waals surface area contributed by atoms with Crippen LogP contribution in [0.25, 0.3) is 0 Å². The molecule has 0 fully saturated rings. The first-order valence-corrected chi connectivity index (χ1v) is 8.45. The Kier molecular flexibility index (Phi) is 5.50. The van der Waals surface area contributed by atoms with Crippen molar-refractivity contribution in [1.29, 1.82) is 0 Å². The Morgan fingerprint density at radius 3 is 2.29 bits per heavy atom. The number of hydrogen-bond donors (Lipinski definition) is 3. The minimum absolute atomic E-state index is 0.123. The van der Waals surface area contributed by atoms with Gasteiger partial charge in [0.25, 0.3) is 0 Å². The molecule has 0 aliphatic rings. The van der Waals surface area contributed by atoms with E-state index in [1.807, 2.05) is 0 Å². The van der Waals surface area contributed by atoms with Crippen molar-refractivity contribution in [3.63, 3.8) is 0 Å². The van der Waals surface area contributed by atoms with E-state index in [4.69, 9.17) is 11.6 Å². The smallest absolute Gasteiger partial charge is 0.240 e. The van der Waals surface area contributed by atoms with Crippen LogP contribution in [0.3, 0.4) is 0 Å². The average Bonchev–Trinajstić information content (AvgIpc) is 2.57. The van der Waals surface area contributed by atoms with Crippen molar-refractivity contribution in [2.24, 2.45) is 16.7 Å². The number of nitrogens with zero attached hydrogens (tertiary/aromatic N) is 2. The summed E-state index contributed by atoms with van der Waals surface area (Å²) in [7, 11) is -2.17. The molecule has 0 radical (unpaired) electrons. The summed E-state index contributed by atoms with van der Waals surface area (Å²) in [5.41, 5.74) is 7.17. The number of benzene rings is 2. The fraction of sp³-hybridized carbons (Fsp3) is 0.133. The third-order valence-electron chi connectivity index (χ3n) is 3.22. The van der Waals surface area contributed by atoms with Crippen LogP contribution in [0.4, 0.5) is 4.39 Å². The molecule has 5 N–H and O–H groups in total. The second-order valence-electron chi connectivity index (χ2n) is 4.94. The summed E-state index contributed by atoms with van der Waals surface area (Å²) in [5, 5.41) is 5.15. The molecule has 0 saturated heterocycles. The lowest BCUT2D eigenvalue weighted by Crippen LogP contribution is -2.29. The lowest BCUT2D eigenvalue weighted by atomic mass is 10.2. The Balaban J connectivity index is 2.10. The maximum Gasteiger partial charge on any atom is 0.240 e. The van der Waals surface area contributed by atoms with E-state index in [1.54, 1.807) is 12.1 Å². The molecule has 0 amide bonds. The highest BCUT2D eigenvalue weighted by molar-refractivity contribution is 7.89. The van der Waals surface area contributed by atoms with E-state index in [-0.39, 0.29) is 23.1 Å². The molecule has 2 aromatic rings. The van der Waals surface area contributed by atoms with Gasteiger partial charge in [-0.1, -0.05) is 12.1 Å². The van der Waals surface area contributed by atoms with Crippen molar-refractivity contribution in [1.82, 2.24) is 9.84 Å². The molecule has 0 atom stereocenters. The Labute approximate surface area is 139 Å². The predicted octanol–water partition coefficient (Wildman–Crippen LogP) is 0.730. The van der Waals surface area contributed by atoms with E-state index in [0.29, 0.717) is 5.56 Å². The van der Waals surface area contributed by atoms with Gasteiger partial charge >= 0.3 is 0 Å². The van der Waals surface area contributed by atoms with E-state index < -0.39 is 10.0 Å². The van der Waals surface area contributed by atoms with Crippen molar-refractivity contribution in [2.45, 2.75) is 11.4 Å². The van der Waals surface area contributed by atoms with E-state index in [1.165, 1.54) is 43.4 Å². The largest absolute Gasteiger partial charge is 0.382 e. The van der Waals surface area contributed by atoms with Crippen LogP contribution in [0, 0.1) is 5.82 Å². The van der Waals surface area contributed by atoms with Crippen molar-refractivity contribution >= 4 is 15.9 Å². The average molecular weight is 351 g/mol. The van der Waals surface area contributed by atoms with E-state index in [0.717, 1.165) is 10.7 Å². The molecular formula is C15H18FN5O2S. The zero-order valence-corrected chi connectivity index (χ0v) is 13.8. The Hall–Kier alpha value is -2.49. The van der Waals surface area contributed by atoms with Gasteiger partial charge in [-0.2, -0.15) is 0 Å². The summed E-state index contributed by atoms with van der Waals surface area (Å²) in [5.74, 6) is 5.57. The number of amidine groups is 1. The Bertz CT molecular complexity index is 820. The first-order valence-electron chi connectivity index (χ1n) is 6.96. The molecule has 0 bridgehead atoms. The van der Waals surface area contributed by atoms with E-state index >= 15 is 0 Å². The zero-order chi connectivity index (χ0) is 17.7. The van der Waals surface area contributed by atoms with Gasteiger partial charge < -0.3 is 5.73 Å². The SMILES string of the molecule is CNS(=O)(=O)c1ccc(/C(N)=N/N(N)Cc2ccc(F)cc2)cc1. The second-order valence-corrected chi connectivity index (χ2v) is 6.83. The number of nitrogens with two attached hydrogens (primary N) is 2. The fourth-order valence-electron chi connectivity index (χ4n) is 1.93. The maximum atomic E-state index is 12.9. The minimum Gasteiger partial charge on any atom is -0.382 e. The van der Waals surface area contributed by atoms with E-state index in [2.05, 4.69) is 9.82 Å². The first kappa shape index (κ1) is 17.9. The Morgan fingerprint density at radius 2 is 1.75 bits per heavy atom. The molecule has 0 saturated carbocycles. The molecule has 2 aromatic carbocycles. The molecule has 0 unspecified atom stereocenters. The summed E-state index contributed by atoms with van der Waals surface area (Å²) in [6.45, 7) is 0.243. The molecule has 24 heavy (non-hydrogen) atoms. The van der Waals surface area contributed by atoms with Crippen LogP contribution >= 0.6 is 0 Å². The fourth-order valence-corrected chi connectivity index (χ4v) is 2.66. The first-order chi connectivity index (χ1) is 11.3. The van der Waals surface area contributed by atoms with Crippen LogP contribution < -0.4 is 16.3 Å². The van der Waals surface area contributed by atoms with Gasteiger partial charge in [0.05, 0.1) is 11.4 Å². The predicted molar refractivity (Wildman–Crippen MR) is 89.5 cm³/mol. The van der Waals surface area contributed by atoms with Crippen LogP contribution in [0.15, 0.2) is 58.5 Å². The van der Waals surface area contributed by atoms with Gasteiger partial charge in [0.2, 0.25) is 10.0 Å². The maximum absolute atomic E-state index is 12.9. The number of rotatable bonds is 6. The van der Waals surface area contributed by atoms with Gasteiger partial charge in [-0.05, 0) is 49.0 Å². The lowest BCUT2D eigenvalue weighted by molar-refractivity contribution is 0.290. The molecule has 0 aliphatic heterocycles. The molecule has 0 aromatic heterocycles. The van der Waals surface area contributed by atoms with Crippen molar-refractivity contribution < 1.29 is 12.8 Å². The number of hydrogen-bond acceptors (Lipinski definition) is 5. The molecule has 7 nitrogen and oxygen atoms in total. The highest BCUT2D eigenvalue weighted by atomic mass is 32.2. The number of hydrazone groups is 1. The van der Waals surface area contributed by atoms with Crippen LogP contribution in [0.2, 0.25) is 0 Å². The summed E-state index contributed by atoms with van der Waals surface area (Å²) >= 11 is 0. The van der Waals surface area contributed by atoms with Crippen LogP contribution in [-0.2, 0) is 16.6 Å². The van der Waals surface area contributed by atoms with E-state index in [9.17, 15) is 12.8 Å². The summed E-state index contributed by atoms with van der Waals surface area (Å²) in [6, 6.07) is 11.8. The summed E-state index contributed by atoms with van der Waals surface area (Å²) < 4.78 is 38.4. The number of sulfonamides is 1. The van der Waals surface area contributed by atoms with Crippen molar-refractivity contribution in [3.8, 4) is 0 Å². The third-order valence-corrected chi connectivity index (χ3v) is 4.65. The molecule has 0 heterocycles. The highest BCUT2D eigenvalue weighted by Gasteiger charge is 2.11. The summed E-state index contributed by atoms with van der Waals surface area (Å²) in [4.78, 5) is 0.123. The standard InChI is InChI=1S/C15H18FN5O2S/c1-19-24(22,23)14-8-4-12(5-9-14)15(17)20-21(18)10-11-2-6-13(16)7-3-11/h2-9,19H,10,18H2,1H3,(H2,17,20). The molecule has 0 spiro atoms. The van der Waals surface area contributed by atoms with Crippen LogP contribution in [0.5, 0.6) is 0 Å². The highest BCUT2D eigenvalue weighted by Crippen LogP contribution is 2.10. The lowest BCUT2D eigenvalue weighted by Gasteiger charge is -2.14. The number of nitrogens with one attached hydrogen (secondary N) is 1. The Morgan fingerprint density at radius 1 is 1.17 bits per heavy atom. The zero-order valence-electron chi connectivity index (χ0n) is 13.0. The molecular weight excluding hydrogens is 333 g/mol. The third kappa shape index (κ3) is 4.51. The molecule has 2 rings (SSSR count). The van der Waals surface area contributed by atoms with Gasteiger partial charge in [0, 0.05) is 5.56 Å². The normalized spacial score (nSPS) is 12.2. The van der Waals surface area contributed by atoms with Gasteiger partial charge in [0.15, 0.2) is 5.84 Å². The topological polar surface area (TPSA) is 114 Å². The van der Waals surface area contributed by atoms with Crippen molar-refractivity contribution in [3.05, 3.63) is 65.5 Å². The second kappa shape index (κ2) is 7.39. The quantitative estimate of drug-likeness (QED) is 0.307. The van der Waals surface area contributed by atoms with Gasteiger partial charge in [0.1, 0.15) is 5.82 Å². The molecule has 9 heteroatoms. The van der Waals surface area contributed by atoms with Crippen molar-refractivity contribution in [2.75, 3.05) is 7.05 Å². The number of hydrazine groups is 1. The van der Waals surface area contributed by atoms with Crippen LogP contribution in [0.1, 0.15) is 11.1 Å². The number of halogens is 1. The summed E-state index contributed by atoms with van der Waals surface area (Å²) in [6.07, 6.45) is 0. The molecule has 0 aliphatic carbocycles.